The smallest absolute Gasteiger partial charge is 0.261 e. The quantitative estimate of drug-likeness (QED) is 0.129. The number of imide groups is 1. The fraction of sp³-hybridized carbons (Fsp3) is 0.478. The predicted octanol–water partition coefficient (Wildman–Crippen LogP) is 8.42. The second kappa shape index (κ2) is 15.2. The van der Waals surface area contributed by atoms with Crippen molar-refractivity contribution in [2.45, 2.75) is 110 Å². The van der Waals surface area contributed by atoms with E-state index in [0.29, 0.717) is 25.4 Å². The Kier molecular flexibility index (Phi) is 10.7. The number of fused-ring (bicyclic) bond motifs is 3. The Labute approximate surface area is 317 Å². The molecule has 2 aliphatic carbocycles. The van der Waals surface area contributed by atoms with E-state index in [1.165, 1.54) is 27.9 Å². The van der Waals surface area contributed by atoms with Crippen LogP contribution in [0.3, 0.4) is 0 Å². The van der Waals surface area contributed by atoms with E-state index < -0.39 is 8.32 Å². The van der Waals surface area contributed by atoms with Gasteiger partial charge in [-0.15, -0.1) is 0 Å². The van der Waals surface area contributed by atoms with Gasteiger partial charge in [0.05, 0.1) is 31.2 Å². The first-order chi connectivity index (χ1) is 25.4. The van der Waals surface area contributed by atoms with Gasteiger partial charge >= 0.3 is 0 Å². The zero-order valence-electron chi connectivity index (χ0n) is 32.5. The monoisotopic (exact) mass is 731 g/mol. The molecule has 7 heteroatoms. The number of amides is 2. The van der Waals surface area contributed by atoms with Crippen LogP contribution in [0.4, 0.5) is 0 Å². The number of carbonyl (C=O) groups excluding carboxylic acids is 2. The third-order valence-corrected chi connectivity index (χ3v) is 17.6. The van der Waals surface area contributed by atoms with Crippen LogP contribution in [0.1, 0.15) is 95.8 Å². The maximum absolute atomic E-state index is 14.3. The molecule has 7 rings (SSSR count). The molecule has 0 aromatic heterocycles. The summed E-state index contributed by atoms with van der Waals surface area (Å²) in [5.74, 6) is -0.437. The molecule has 1 saturated carbocycles. The highest BCUT2D eigenvalue weighted by molar-refractivity contribution is 6.99. The van der Waals surface area contributed by atoms with Crippen molar-refractivity contribution in [2.75, 3.05) is 13.2 Å². The number of hydrogen-bond donors (Lipinski definition) is 1. The molecule has 1 N–H and O–H groups in total. The number of carbonyl (C=O) groups is 2. The van der Waals surface area contributed by atoms with Crippen LogP contribution in [-0.2, 0) is 18.8 Å². The van der Waals surface area contributed by atoms with Gasteiger partial charge in [-0.25, -0.2) is 0 Å². The largest absolute Gasteiger partial charge is 0.507 e. The summed E-state index contributed by atoms with van der Waals surface area (Å²) >= 11 is 0. The van der Waals surface area contributed by atoms with Crippen molar-refractivity contribution in [1.29, 1.82) is 0 Å². The molecule has 4 aliphatic rings. The fourth-order valence-electron chi connectivity index (χ4n) is 10.1. The normalized spacial score (nSPS) is 24.2. The Morgan fingerprint density at radius 3 is 2.09 bits per heavy atom. The zero-order valence-corrected chi connectivity index (χ0v) is 33.5. The van der Waals surface area contributed by atoms with Crippen molar-refractivity contribution in [3.05, 3.63) is 106 Å². The van der Waals surface area contributed by atoms with E-state index >= 15 is 0 Å². The molecule has 280 valence electrons. The van der Waals surface area contributed by atoms with Gasteiger partial charge in [0.15, 0.2) is 0 Å². The van der Waals surface area contributed by atoms with Gasteiger partial charge in [-0.2, -0.15) is 0 Å². The Balaban J connectivity index is 1.24. The van der Waals surface area contributed by atoms with Crippen molar-refractivity contribution < 1.29 is 23.9 Å². The topological polar surface area (TPSA) is 76.1 Å². The summed E-state index contributed by atoms with van der Waals surface area (Å²) in [6.45, 7) is 13.8. The van der Waals surface area contributed by atoms with Crippen LogP contribution in [0.25, 0.3) is 6.08 Å². The number of aromatic hydroxyl groups is 1. The van der Waals surface area contributed by atoms with Crippen molar-refractivity contribution in [2.24, 2.45) is 17.8 Å². The molecular formula is C46H57NO5Si. The Bertz CT molecular complexity index is 1820. The average molecular weight is 732 g/mol. The number of ether oxygens (including phenoxy) is 1. The van der Waals surface area contributed by atoms with Crippen LogP contribution in [-0.4, -0.2) is 55.5 Å². The number of aryl methyl sites for hydroxylation is 2. The van der Waals surface area contributed by atoms with Gasteiger partial charge in [0.25, 0.3) is 8.32 Å². The van der Waals surface area contributed by atoms with E-state index in [9.17, 15) is 14.7 Å². The summed E-state index contributed by atoms with van der Waals surface area (Å²) < 4.78 is 14.2. The molecule has 0 radical (unpaired) electrons. The molecule has 0 unspecified atom stereocenters. The van der Waals surface area contributed by atoms with Crippen LogP contribution >= 0.6 is 0 Å². The molecule has 6 nitrogen and oxygen atoms in total. The minimum absolute atomic E-state index is 0.0210. The first-order valence-electron chi connectivity index (χ1n) is 19.8. The number of rotatable bonds is 10. The lowest BCUT2D eigenvalue weighted by Gasteiger charge is -2.44. The lowest BCUT2D eigenvalue weighted by molar-refractivity contribution is -0.143. The highest BCUT2D eigenvalue weighted by atomic mass is 28.4. The fourth-order valence-corrected chi connectivity index (χ4v) is 14.6. The number of phenols is 1. The first-order valence-corrected chi connectivity index (χ1v) is 21.7. The van der Waals surface area contributed by atoms with Crippen LogP contribution in [0.15, 0.2) is 89.5 Å². The van der Waals surface area contributed by atoms with Gasteiger partial charge in [-0.3, -0.25) is 14.5 Å². The number of benzene rings is 3. The van der Waals surface area contributed by atoms with Crippen molar-refractivity contribution in [3.8, 4) is 5.75 Å². The van der Waals surface area contributed by atoms with Crippen molar-refractivity contribution >= 4 is 36.6 Å². The van der Waals surface area contributed by atoms with E-state index in [1.807, 2.05) is 26.0 Å². The van der Waals surface area contributed by atoms with Crippen molar-refractivity contribution in [3.63, 3.8) is 0 Å². The highest BCUT2D eigenvalue weighted by Gasteiger charge is 2.59. The van der Waals surface area contributed by atoms with Gasteiger partial charge in [-0.1, -0.05) is 112 Å². The van der Waals surface area contributed by atoms with Crippen molar-refractivity contribution in [1.82, 2.24) is 4.90 Å². The van der Waals surface area contributed by atoms with E-state index in [-0.39, 0.29) is 46.8 Å². The molecule has 2 amide bonds. The van der Waals surface area contributed by atoms with Gasteiger partial charge in [-0.05, 0) is 108 Å². The third-order valence-electron chi connectivity index (χ3n) is 12.6. The number of likely N-dealkylation sites (tertiary alicyclic amines) is 1. The summed E-state index contributed by atoms with van der Waals surface area (Å²) in [6.07, 6.45) is 9.37. The SMILES string of the molecule is C/C(=C\c1cc(C)c(O)c(C)c1)CC[C@H]1OC[C@H]2C1=C(CO[Si](c1ccccc1)(c1ccccc1)C(C)(C)C)C[C@H]1C(=O)N(C3CCCCC3)C(=O)[C@H]12. The van der Waals surface area contributed by atoms with Crippen LogP contribution in [0.5, 0.6) is 5.75 Å². The third kappa shape index (κ3) is 7.01. The Hall–Kier alpha value is -3.78. The molecule has 2 aliphatic heterocycles. The van der Waals surface area contributed by atoms with E-state index in [0.717, 1.165) is 60.8 Å². The van der Waals surface area contributed by atoms with E-state index in [4.69, 9.17) is 9.16 Å². The summed E-state index contributed by atoms with van der Waals surface area (Å²) in [7, 11) is -2.86. The predicted molar refractivity (Wildman–Crippen MR) is 215 cm³/mol. The Morgan fingerprint density at radius 2 is 1.51 bits per heavy atom. The maximum atomic E-state index is 14.3. The lowest BCUT2D eigenvalue weighted by atomic mass is 9.69. The minimum atomic E-state index is -2.86. The summed E-state index contributed by atoms with van der Waals surface area (Å²) in [4.78, 5) is 30.4. The first kappa shape index (κ1) is 37.5. The number of allylic oxidation sites excluding steroid dienone is 1. The molecule has 2 heterocycles. The molecule has 3 aromatic rings. The van der Waals surface area contributed by atoms with E-state index in [1.54, 1.807) is 4.90 Å². The summed E-state index contributed by atoms with van der Waals surface area (Å²) in [6, 6.07) is 25.5. The number of nitrogens with zero attached hydrogens (tertiary/aromatic N) is 1. The molecule has 2 saturated heterocycles. The minimum Gasteiger partial charge on any atom is -0.507 e. The van der Waals surface area contributed by atoms with Crippen LogP contribution in [0, 0.1) is 31.6 Å². The molecule has 4 atom stereocenters. The van der Waals surface area contributed by atoms with E-state index in [2.05, 4.69) is 94.4 Å². The molecule has 0 spiro atoms. The van der Waals surface area contributed by atoms with Crippen LogP contribution < -0.4 is 10.4 Å². The lowest BCUT2D eigenvalue weighted by Crippen LogP contribution is -2.66. The molecule has 3 aromatic carbocycles. The summed E-state index contributed by atoms with van der Waals surface area (Å²) in [5, 5.41) is 12.6. The number of hydrogen-bond acceptors (Lipinski definition) is 5. The van der Waals surface area contributed by atoms with Crippen LogP contribution in [0.2, 0.25) is 5.04 Å². The van der Waals surface area contributed by atoms with Gasteiger partial charge in [0.2, 0.25) is 11.8 Å². The van der Waals surface area contributed by atoms with Gasteiger partial charge < -0.3 is 14.3 Å². The molecule has 0 bridgehead atoms. The maximum Gasteiger partial charge on any atom is 0.261 e. The second-order valence-corrected chi connectivity index (χ2v) is 21.5. The summed E-state index contributed by atoms with van der Waals surface area (Å²) in [5.41, 5.74) is 6.42. The van der Waals surface area contributed by atoms with Gasteiger partial charge in [0.1, 0.15) is 5.75 Å². The van der Waals surface area contributed by atoms with Gasteiger partial charge in [0, 0.05) is 12.0 Å². The molecular weight excluding hydrogens is 675 g/mol. The molecule has 53 heavy (non-hydrogen) atoms. The Morgan fingerprint density at radius 1 is 0.906 bits per heavy atom. The second-order valence-electron chi connectivity index (χ2n) is 17.1. The zero-order chi connectivity index (χ0) is 37.5. The standard InChI is InChI=1S/C46H57NO5Si/c1-30(24-33-25-31(2)43(48)32(3)26-33)22-23-40-41-34(27-38-42(39(41)29-51-40)45(50)47(44(38)49)35-16-10-7-11-17-35)28-52-53(46(4,5)6,36-18-12-8-13-19-36)37-20-14-9-15-21-37/h8-9,12-15,18-21,24-26,35,38-40,42,48H,7,10-11,16-17,22-23,27-29H2,1-6H3/b30-24+/t38-,39+,40-,42-/m1/s1. The molecule has 3 fully saturated rings. The number of phenolic OH excluding ortho intramolecular Hbond substituents is 1. The highest BCUT2D eigenvalue weighted by Crippen LogP contribution is 2.51. The average Bonchev–Trinajstić information content (AvgIpc) is 3.68.